The van der Waals surface area contributed by atoms with Gasteiger partial charge >= 0.3 is 0 Å². The second kappa shape index (κ2) is 7.48. The lowest BCUT2D eigenvalue weighted by atomic mass is 10.1. The van der Waals surface area contributed by atoms with E-state index < -0.39 is 9.84 Å². The van der Waals surface area contributed by atoms with Crippen LogP contribution in [0.3, 0.4) is 0 Å². The predicted molar refractivity (Wildman–Crippen MR) is 110 cm³/mol. The molecule has 2 aromatic rings. The number of para-hydroxylation sites is 1. The number of anilines is 1. The number of nitrogens with zero attached hydrogens (tertiary/aromatic N) is 2. The number of hydrogen-bond acceptors (Lipinski definition) is 4. The van der Waals surface area contributed by atoms with Gasteiger partial charge in [-0.25, -0.2) is 8.42 Å². The standard InChI is InChI=1S/C20H20N2O3S2/c23-19(12-11-15-7-3-1-4-8-15)21-20-22(16-9-5-2-6-10-16)17-13-27(24,25)14-18(17)26-20/h1-10,17-18H,11-14H2/t17-,18+/m0/s1. The molecule has 2 atom stereocenters. The van der Waals surface area contributed by atoms with E-state index in [4.69, 9.17) is 0 Å². The van der Waals surface area contributed by atoms with Gasteiger partial charge in [0.05, 0.1) is 17.5 Å². The largest absolute Gasteiger partial charge is 0.316 e. The molecule has 27 heavy (non-hydrogen) atoms. The van der Waals surface area contributed by atoms with Crippen molar-refractivity contribution in [3.63, 3.8) is 0 Å². The number of aliphatic imine (C=N–C) groups is 1. The van der Waals surface area contributed by atoms with Gasteiger partial charge in [0.2, 0.25) is 5.91 Å². The van der Waals surface area contributed by atoms with Crippen molar-refractivity contribution in [3.05, 3.63) is 66.2 Å². The lowest BCUT2D eigenvalue weighted by Gasteiger charge is -2.24. The Hall–Kier alpha value is -2.12. The number of thioether (sulfide) groups is 1. The second-order valence-corrected chi connectivity index (χ2v) is 10.1. The normalized spacial score (nSPS) is 24.9. The van der Waals surface area contributed by atoms with Gasteiger partial charge in [-0.15, -0.1) is 0 Å². The summed E-state index contributed by atoms with van der Waals surface area (Å²) in [7, 11) is -3.05. The van der Waals surface area contributed by atoms with Gasteiger partial charge in [0.25, 0.3) is 0 Å². The fraction of sp³-hybridized carbons (Fsp3) is 0.300. The van der Waals surface area contributed by atoms with Crippen LogP contribution in [0, 0.1) is 0 Å². The molecule has 0 saturated carbocycles. The highest BCUT2D eigenvalue weighted by molar-refractivity contribution is 8.16. The van der Waals surface area contributed by atoms with Crippen molar-refractivity contribution in [1.82, 2.24) is 0 Å². The van der Waals surface area contributed by atoms with Crippen LogP contribution >= 0.6 is 11.8 Å². The Morgan fingerprint density at radius 1 is 1.04 bits per heavy atom. The molecule has 0 spiro atoms. The molecule has 2 heterocycles. The third-order valence-electron chi connectivity index (χ3n) is 4.79. The maximum Gasteiger partial charge on any atom is 0.248 e. The summed E-state index contributed by atoms with van der Waals surface area (Å²) in [6.45, 7) is 0. The van der Waals surface area contributed by atoms with Gasteiger partial charge < -0.3 is 4.90 Å². The molecule has 0 bridgehead atoms. The number of carbonyl (C=O) groups excluding carboxylic acids is 1. The van der Waals surface area contributed by atoms with Crippen LogP contribution in [0.25, 0.3) is 0 Å². The van der Waals surface area contributed by atoms with E-state index in [0.29, 0.717) is 18.0 Å². The van der Waals surface area contributed by atoms with Crippen LogP contribution in [0.5, 0.6) is 0 Å². The van der Waals surface area contributed by atoms with Crippen molar-refractivity contribution in [1.29, 1.82) is 0 Å². The summed E-state index contributed by atoms with van der Waals surface area (Å²) in [6, 6.07) is 19.3. The quantitative estimate of drug-likeness (QED) is 0.789. The third-order valence-corrected chi connectivity index (χ3v) is 8.00. The minimum Gasteiger partial charge on any atom is -0.316 e. The van der Waals surface area contributed by atoms with Crippen LogP contribution in [0.4, 0.5) is 5.69 Å². The van der Waals surface area contributed by atoms with E-state index in [0.717, 1.165) is 11.3 Å². The van der Waals surface area contributed by atoms with Crippen molar-refractivity contribution in [2.24, 2.45) is 4.99 Å². The summed E-state index contributed by atoms with van der Waals surface area (Å²) < 4.78 is 24.1. The number of fused-ring (bicyclic) bond motifs is 1. The SMILES string of the molecule is O=C(CCc1ccccc1)N=C1S[C@@H]2CS(=O)(=O)C[C@@H]2N1c1ccccc1. The number of benzene rings is 2. The van der Waals surface area contributed by atoms with Gasteiger partial charge in [-0.3, -0.25) is 4.79 Å². The number of sulfone groups is 1. The van der Waals surface area contributed by atoms with Crippen LogP contribution in [-0.2, 0) is 21.1 Å². The first-order valence-corrected chi connectivity index (χ1v) is 11.6. The average molecular weight is 401 g/mol. The number of carbonyl (C=O) groups is 1. The lowest BCUT2D eigenvalue weighted by molar-refractivity contribution is -0.117. The minimum absolute atomic E-state index is 0.0733. The molecule has 4 rings (SSSR count). The highest BCUT2D eigenvalue weighted by Gasteiger charge is 2.49. The van der Waals surface area contributed by atoms with E-state index in [1.54, 1.807) is 0 Å². The fourth-order valence-corrected chi connectivity index (χ4v) is 7.44. The third kappa shape index (κ3) is 4.09. The maximum absolute atomic E-state index is 12.5. The summed E-state index contributed by atoms with van der Waals surface area (Å²) in [5.74, 6) is 0.0739. The molecule has 7 heteroatoms. The number of amidine groups is 1. The number of aryl methyl sites for hydroxylation is 1. The molecule has 2 saturated heterocycles. The number of amides is 1. The van der Waals surface area contributed by atoms with Crippen molar-refractivity contribution >= 4 is 38.4 Å². The smallest absolute Gasteiger partial charge is 0.248 e. The molecule has 0 aromatic heterocycles. The molecule has 5 nitrogen and oxygen atoms in total. The molecule has 140 valence electrons. The van der Waals surface area contributed by atoms with Crippen molar-refractivity contribution in [2.45, 2.75) is 24.1 Å². The lowest BCUT2D eigenvalue weighted by Crippen LogP contribution is -2.37. The molecule has 0 aliphatic carbocycles. The highest BCUT2D eigenvalue weighted by atomic mass is 32.2. The van der Waals surface area contributed by atoms with Crippen molar-refractivity contribution < 1.29 is 13.2 Å². The summed E-state index contributed by atoms with van der Waals surface area (Å²) >= 11 is 1.41. The van der Waals surface area contributed by atoms with E-state index >= 15 is 0 Å². The Balaban J connectivity index is 1.55. The number of hydrogen-bond donors (Lipinski definition) is 0. The van der Waals surface area contributed by atoms with Crippen molar-refractivity contribution in [3.8, 4) is 0 Å². The zero-order chi connectivity index (χ0) is 18.9. The molecular formula is C20H20N2O3S2. The minimum atomic E-state index is -3.05. The Morgan fingerprint density at radius 3 is 2.41 bits per heavy atom. The first-order valence-electron chi connectivity index (χ1n) is 8.89. The molecule has 0 unspecified atom stereocenters. The maximum atomic E-state index is 12.5. The van der Waals surface area contributed by atoms with Crippen LogP contribution in [0.2, 0.25) is 0 Å². The molecule has 2 aliphatic rings. The molecule has 0 N–H and O–H groups in total. The van der Waals surface area contributed by atoms with Crippen LogP contribution in [0.1, 0.15) is 12.0 Å². The fourth-order valence-electron chi connectivity index (χ4n) is 3.51. The van der Waals surface area contributed by atoms with Gasteiger partial charge in [0.1, 0.15) is 0 Å². The average Bonchev–Trinajstić information content (AvgIpc) is 3.12. The van der Waals surface area contributed by atoms with Gasteiger partial charge in [-0.05, 0) is 24.1 Å². The monoisotopic (exact) mass is 400 g/mol. The van der Waals surface area contributed by atoms with Crippen LogP contribution in [-0.4, -0.2) is 42.3 Å². The topological polar surface area (TPSA) is 66.8 Å². The summed E-state index contributed by atoms with van der Waals surface area (Å²) in [6.07, 6.45) is 0.984. The molecule has 2 aliphatic heterocycles. The van der Waals surface area contributed by atoms with E-state index in [1.165, 1.54) is 11.8 Å². The van der Waals surface area contributed by atoms with E-state index in [2.05, 4.69) is 4.99 Å². The Morgan fingerprint density at radius 2 is 1.70 bits per heavy atom. The summed E-state index contributed by atoms with van der Waals surface area (Å²) in [4.78, 5) is 18.7. The Labute approximate surface area is 163 Å². The van der Waals surface area contributed by atoms with Gasteiger partial charge in [0.15, 0.2) is 15.0 Å². The zero-order valence-corrected chi connectivity index (χ0v) is 16.3. The Bertz CT molecular complexity index is 959. The first-order chi connectivity index (χ1) is 13.0. The molecular weight excluding hydrogens is 380 g/mol. The molecule has 2 aromatic carbocycles. The van der Waals surface area contributed by atoms with Crippen LogP contribution < -0.4 is 4.90 Å². The molecule has 1 amide bonds. The van der Waals surface area contributed by atoms with Crippen molar-refractivity contribution in [2.75, 3.05) is 16.4 Å². The first kappa shape index (κ1) is 18.3. The second-order valence-electron chi connectivity index (χ2n) is 6.78. The van der Waals surface area contributed by atoms with Gasteiger partial charge in [-0.1, -0.05) is 60.3 Å². The highest BCUT2D eigenvalue weighted by Crippen LogP contribution is 2.40. The van der Waals surface area contributed by atoms with Gasteiger partial charge in [0, 0.05) is 17.4 Å². The summed E-state index contributed by atoms with van der Waals surface area (Å²) in [5.41, 5.74) is 1.98. The molecule has 2 fully saturated rings. The van der Waals surface area contributed by atoms with E-state index in [9.17, 15) is 13.2 Å². The number of rotatable bonds is 4. The van der Waals surface area contributed by atoms with E-state index in [-0.39, 0.29) is 28.7 Å². The zero-order valence-electron chi connectivity index (χ0n) is 14.7. The van der Waals surface area contributed by atoms with Gasteiger partial charge in [-0.2, -0.15) is 4.99 Å². The molecule has 0 radical (unpaired) electrons. The predicted octanol–water partition coefficient (Wildman–Crippen LogP) is 2.92. The Kier molecular flexibility index (Phi) is 5.06. The van der Waals surface area contributed by atoms with Crippen LogP contribution in [0.15, 0.2) is 65.7 Å². The van der Waals surface area contributed by atoms with E-state index in [1.807, 2.05) is 65.6 Å². The summed E-state index contributed by atoms with van der Waals surface area (Å²) in [5, 5.41) is 0.542.